The van der Waals surface area contributed by atoms with Crippen molar-refractivity contribution in [3.8, 4) is 5.75 Å². The zero-order chi connectivity index (χ0) is 19.4. The van der Waals surface area contributed by atoms with Gasteiger partial charge in [-0.1, -0.05) is 29.5 Å². The number of carbonyl (C=O) groups is 2. The molecule has 0 aliphatic carbocycles. The zero-order valence-corrected chi connectivity index (χ0v) is 15.6. The summed E-state index contributed by atoms with van der Waals surface area (Å²) in [4.78, 5) is 28.5. The Morgan fingerprint density at radius 3 is 2.70 bits per heavy atom. The molecule has 0 bridgehead atoms. The third kappa shape index (κ3) is 4.22. The van der Waals surface area contributed by atoms with Gasteiger partial charge in [-0.3, -0.25) is 9.59 Å². The quantitative estimate of drug-likeness (QED) is 0.630. The lowest BCUT2D eigenvalue weighted by Gasteiger charge is -2.04. The van der Waals surface area contributed by atoms with Gasteiger partial charge in [0.2, 0.25) is 0 Å². The summed E-state index contributed by atoms with van der Waals surface area (Å²) in [6, 6.07) is 11.7. The minimum atomic E-state index is -0.556. The van der Waals surface area contributed by atoms with E-state index in [1.54, 1.807) is 43.5 Å². The number of rotatable bonds is 5. The molecule has 0 radical (unpaired) electrons. The molecule has 0 atom stereocenters. The maximum absolute atomic E-state index is 14.3. The number of halogens is 1. The Bertz CT molecular complexity index is 1070. The van der Waals surface area contributed by atoms with E-state index < -0.39 is 17.7 Å². The Balaban J connectivity index is 2.01. The van der Waals surface area contributed by atoms with E-state index in [4.69, 9.17) is 4.74 Å². The number of fused-ring (bicyclic) bond motifs is 1. The van der Waals surface area contributed by atoms with Crippen molar-refractivity contribution < 1.29 is 23.5 Å². The second kappa shape index (κ2) is 8.13. The van der Waals surface area contributed by atoms with Crippen LogP contribution in [0.25, 0.3) is 10.2 Å². The molecule has 0 unspecified atom stereocenters. The van der Waals surface area contributed by atoms with Crippen LogP contribution >= 0.6 is 11.3 Å². The molecule has 0 saturated carbocycles. The van der Waals surface area contributed by atoms with Crippen molar-refractivity contribution in [3.63, 3.8) is 0 Å². The fourth-order valence-corrected chi connectivity index (χ4v) is 3.68. The van der Waals surface area contributed by atoms with E-state index >= 15 is 0 Å². The van der Waals surface area contributed by atoms with Crippen LogP contribution in [0.1, 0.15) is 5.56 Å². The molecule has 0 aliphatic heterocycles. The van der Waals surface area contributed by atoms with Crippen molar-refractivity contribution in [2.24, 2.45) is 4.99 Å². The Morgan fingerprint density at radius 2 is 1.96 bits per heavy atom. The molecule has 3 aromatic rings. The number of hydrogen-bond acceptors (Lipinski definition) is 5. The molecule has 3 rings (SSSR count). The van der Waals surface area contributed by atoms with Crippen molar-refractivity contribution in [2.45, 2.75) is 13.0 Å². The number of para-hydroxylation sites is 1. The van der Waals surface area contributed by atoms with Gasteiger partial charge in [0.1, 0.15) is 18.1 Å². The molecule has 0 aliphatic rings. The molecule has 0 spiro atoms. The van der Waals surface area contributed by atoms with Gasteiger partial charge >= 0.3 is 5.97 Å². The lowest BCUT2D eigenvalue weighted by molar-refractivity contribution is -0.141. The summed E-state index contributed by atoms with van der Waals surface area (Å²) in [5.74, 6) is -0.812. The van der Waals surface area contributed by atoms with Crippen molar-refractivity contribution in [1.29, 1.82) is 0 Å². The van der Waals surface area contributed by atoms with Gasteiger partial charge in [-0.05, 0) is 29.8 Å². The van der Waals surface area contributed by atoms with Crippen LogP contribution in [0.4, 0.5) is 4.39 Å². The summed E-state index contributed by atoms with van der Waals surface area (Å²) in [5.41, 5.74) is 0.968. The standard InChI is InChI=1S/C19H17FN2O4S/c1-25-13-6-3-5-12(9-13)10-16(23)21-19-22(11-17(24)26-2)18-14(20)7-4-8-15(18)27-19/h3-9H,10-11H2,1-2H3. The van der Waals surface area contributed by atoms with Gasteiger partial charge in [0, 0.05) is 0 Å². The fraction of sp³-hybridized carbons (Fsp3) is 0.211. The first-order valence-corrected chi connectivity index (χ1v) is 8.88. The number of thiazole rings is 1. The molecule has 0 saturated heterocycles. The summed E-state index contributed by atoms with van der Waals surface area (Å²) in [7, 11) is 2.80. The van der Waals surface area contributed by atoms with Crippen LogP contribution in [-0.4, -0.2) is 30.7 Å². The smallest absolute Gasteiger partial charge is 0.325 e. The van der Waals surface area contributed by atoms with Crippen LogP contribution in [0.2, 0.25) is 0 Å². The Kier molecular flexibility index (Phi) is 5.66. The first kappa shape index (κ1) is 18.8. The third-order valence-electron chi connectivity index (χ3n) is 3.88. The van der Waals surface area contributed by atoms with Crippen LogP contribution in [0.3, 0.4) is 0 Å². The molecule has 0 N–H and O–H groups in total. The minimum absolute atomic E-state index is 0.0617. The Labute approximate surface area is 158 Å². The SMILES string of the molecule is COC(=O)Cn1c(=NC(=O)Cc2cccc(OC)c2)sc2cccc(F)c21. The molecule has 6 nitrogen and oxygen atoms in total. The highest BCUT2D eigenvalue weighted by atomic mass is 32.1. The third-order valence-corrected chi connectivity index (χ3v) is 4.92. The normalized spacial score (nSPS) is 11.6. The number of esters is 1. The molecule has 0 fully saturated rings. The first-order valence-electron chi connectivity index (χ1n) is 8.07. The average molecular weight is 388 g/mol. The highest BCUT2D eigenvalue weighted by Crippen LogP contribution is 2.20. The second-order valence-electron chi connectivity index (χ2n) is 5.67. The number of ether oxygens (including phenoxy) is 2. The predicted octanol–water partition coefficient (Wildman–Crippen LogP) is 2.69. The van der Waals surface area contributed by atoms with Gasteiger partial charge < -0.3 is 14.0 Å². The number of carbonyl (C=O) groups excluding carboxylic acids is 2. The van der Waals surface area contributed by atoms with Gasteiger partial charge in [-0.25, -0.2) is 4.39 Å². The molecule has 27 heavy (non-hydrogen) atoms. The summed E-state index contributed by atoms with van der Waals surface area (Å²) >= 11 is 1.14. The highest BCUT2D eigenvalue weighted by Gasteiger charge is 2.15. The lowest BCUT2D eigenvalue weighted by Crippen LogP contribution is -2.23. The predicted molar refractivity (Wildman–Crippen MR) is 99.1 cm³/mol. The lowest BCUT2D eigenvalue weighted by atomic mass is 10.1. The maximum Gasteiger partial charge on any atom is 0.325 e. The average Bonchev–Trinajstić information content (AvgIpc) is 2.99. The van der Waals surface area contributed by atoms with Crippen LogP contribution < -0.4 is 9.54 Å². The number of methoxy groups -OCH3 is 2. The van der Waals surface area contributed by atoms with Crippen LogP contribution in [0.15, 0.2) is 47.5 Å². The van der Waals surface area contributed by atoms with Gasteiger partial charge in [0.05, 0.1) is 30.9 Å². The van der Waals surface area contributed by atoms with E-state index in [2.05, 4.69) is 9.73 Å². The van der Waals surface area contributed by atoms with Crippen LogP contribution in [-0.2, 0) is 27.3 Å². The number of hydrogen-bond donors (Lipinski definition) is 0. The summed E-state index contributed by atoms with van der Waals surface area (Å²) < 4.78 is 26.1. The number of benzene rings is 2. The topological polar surface area (TPSA) is 69.9 Å². The van der Waals surface area contributed by atoms with Crippen molar-refractivity contribution in [3.05, 3.63) is 58.6 Å². The fourth-order valence-electron chi connectivity index (χ4n) is 2.62. The largest absolute Gasteiger partial charge is 0.497 e. The van der Waals surface area contributed by atoms with E-state index in [-0.39, 0.29) is 23.3 Å². The molecule has 1 amide bonds. The van der Waals surface area contributed by atoms with E-state index in [9.17, 15) is 14.0 Å². The molecule has 1 aromatic heterocycles. The summed E-state index contributed by atoms with van der Waals surface area (Å²) in [6.07, 6.45) is 0.0617. The number of nitrogens with zero attached hydrogens (tertiary/aromatic N) is 2. The summed E-state index contributed by atoms with van der Waals surface area (Å²) in [6.45, 7) is -0.233. The molecule has 2 aromatic carbocycles. The molecule has 1 heterocycles. The second-order valence-corrected chi connectivity index (χ2v) is 6.68. The minimum Gasteiger partial charge on any atom is -0.497 e. The molecular weight excluding hydrogens is 371 g/mol. The molecule has 140 valence electrons. The summed E-state index contributed by atoms with van der Waals surface area (Å²) in [5, 5.41) is 0. The van der Waals surface area contributed by atoms with E-state index in [1.807, 2.05) is 0 Å². The van der Waals surface area contributed by atoms with E-state index in [1.165, 1.54) is 17.7 Å². The van der Waals surface area contributed by atoms with E-state index in [0.717, 1.165) is 16.9 Å². The van der Waals surface area contributed by atoms with Gasteiger partial charge in [0.15, 0.2) is 4.80 Å². The van der Waals surface area contributed by atoms with E-state index in [0.29, 0.717) is 10.4 Å². The Morgan fingerprint density at radius 1 is 1.19 bits per heavy atom. The number of aromatic nitrogens is 1. The first-order chi connectivity index (χ1) is 13.0. The van der Waals surface area contributed by atoms with Gasteiger partial charge in [-0.2, -0.15) is 4.99 Å². The number of amides is 1. The van der Waals surface area contributed by atoms with Gasteiger partial charge in [0.25, 0.3) is 5.91 Å². The van der Waals surface area contributed by atoms with Crippen LogP contribution in [0.5, 0.6) is 5.75 Å². The van der Waals surface area contributed by atoms with Gasteiger partial charge in [-0.15, -0.1) is 0 Å². The van der Waals surface area contributed by atoms with Crippen LogP contribution in [0, 0.1) is 5.82 Å². The van der Waals surface area contributed by atoms with Crippen molar-refractivity contribution in [2.75, 3.05) is 14.2 Å². The monoisotopic (exact) mass is 388 g/mol. The van der Waals surface area contributed by atoms with Crippen molar-refractivity contribution >= 4 is 33.4 Å². The van der Waals surface area contributed by atoms with Crippen molar-refractivity contribution in [1.82, 2.24) is 4.57 Å². The Hall–Kier alpha value is -3.00. The molecular formula is C19H17FN2O4S. The highest BCUT2D eigenvalue weighted by molar-refractivity contribution is 7.16. The molecule has 8 heteroatoms. The maximum atomic E-state index is 14.3. The zero-order valence-electron chi connectivity index (χ0n) is 14.8.